The van der Waals surface area contributed by atoms with Crippen LogP contribution >= 0.6 is 0 Å². The van der Waals surface area contributed by atoms with Crippen LogP contribution in [0.1, 0.15) is 11.1 Å². The topological polar surface area (TPSA) is 9.23 Å². The van der Waals surface area contributed by atoms with E-state index in [1.54, 1.807) is 0 Å². The normalized spacial score (nSPS) is 13.5. The molecule has 1 aromatic rings. The van der Waals surface area contributed by atoms with Crippen LogP contribution in [-0.4, -0.2) is 19.5 Å². The van der Waals surface area contributed by atoms with E-state index in [0.29, 0.717) is 12.1 Å². The van der Waals surface area contributed by atoms with Gasteiger partial charge in [0.25, 0.3) is 0 Å². The molecular formula is C11H9F7O. The average Bonchev–Trinajstić information content (AvgIpc) is 2.23. The molecule has 8 heteroatoms. The minimum atomic E-state index is -6.12. The SMILES string of the molecule is COc1cc(C)cc(C(F)(C(F)(F)F)C(F)(F)F)c1. The molecule has 0 fully saturated rings. The highest BCUT2D eigenvalue weighted by atomic mass is 19.4. The van der Waals surface area contributed by atoms with E-state index < -0.39 is 23.6 Å². The molecule has 0 aliphatic heterocycles. The zero-order chi connectivity index (χ0) is 15.1. The van der Waals surface area contributed by atoms with Crippen molar-refractivity contribution in [3.05, 3.63) is 29.3 Å². The summed E-state index contributed by atoms with van der Waals surface area (Å²) in [4.78, 5) is 0. The molecule has 1 aromatic carbocycles. The molecule has 0 aromatic heterocycles. The third-order valence-corrected chi connectivity index (χ3v) is 2.47. The highest BCUT2D eigenvalue weighted by molar-refractivity contribution is 5.38. The van der Waals surface area contributed by atoms with Crippen LogP contribution in [0.2, 0.25) is 0 Å². The molecule has 0 aliphatic carbocycles. The van der Waals surface area contributed by atoms with Crippen molar-refractivity contribution in [3.63, 3.8) is 0 Å². The van der Waals surface area contributed by atoms with E-state index >= 15 is 0 Å². The molecule has 0 unspecified atom stereocenters. The summed E-state index contributed by atoms with van der Waals surface area (Å²) in [7, 11) is 1.06. The lowest BCUT2D eigenvalue weighted by Gasteiger charge is -2.30. The Morgan fingerprint density at radius 2 is 1.32 bits per heavy atom. The van der Waals surface area contributed by atoms with Crippen LogP contribution in [0.5, 0.6) is 5.75 Å². The highest BCUT2D eigenvalue weighted by Gasteiger charge is 2.73. The molecule has 0 atom stereocenters. The van der Waals surface area contributed by atoms with Gasteiger partial charge in [-0.25, -0.2) is 4.39 Å². The van der Waals surface area contributed by atoms with Gasteiger partial charge in [-0.2, -0.15) is 26.3 Å². The van der Waals surface area contributed by atoms with Crippen molar-refractivity contribution in [1.82, 2.24) is 0 Å². The number of hydrogen-bond acceptors (Lipinski definition) is 1. The largest absolute Gasteiger partial charge is 0.497 e. The standard InChI is InChI=1S/C11H9F7O/c1-6-3-7(5-8(4-6)19-2)9(12,10(13,14)15)11(16,17)18/h3-5H,1-2H3. The Morgan fingerprint density at radius 1 is 0.842 bits per heavy atom. The lowest BCUT2D eigenvalue weighted by molar-refractivity contribution is -0.348. The van der Waals surface area contributed by atoms with Gasteiger partial charge in [-0.3, -0.25) is 0 Å². The van der Waals surface area contributed by atoms with Gasteiger partial charge in [0.2, 0.25) is 0 Å². The number of aryl methyl sites for hydroxylation is 1. The van der Waals surface area contributed by atoms with E-state index in [4.69, 9.17) is 0 Å². The maximum Gasteiger partial charge on any atom is 0.435 e. The van der Waals surface area contributed by atoms with E-state index in [1.807, 2.05) is 0 Å². The molecule has 0 saturated carbocycles. The van der Waals surface area contributed by atoms with Gasteiger partial charge >= 0.3 is 18.0 Å². The monoisotopic (exact) mass is 290 g/mol. The van der Waals surface area contributed by atoms with Crippen LogP contribution in [0, 0.1) is 6.92 Å². The van der Waals surface area contributed by atoms with Crippen LogP contribution < -0.4 is 4.74 Å². The third-order valence-electron chi connectivity index (χ3n) is 2.47. The molecule has 1 nitrogen and oxygen atoms in total. The highest BCUT2D eigenvalue weighted by Crippen LogP contribution is 2.53. The predicted octanol–water partition coefficient (Wildman–Crippen LogP) is 4.29. The second-order valence-electron chi connectivity index (χ2n) is 3.89. The number of methoxy groups -OCH3 is 1. The minimum Gasteiger partial charge on any atom is -0.497 e. The first-order valence-electron chi connectivity index (χ1n) is 4.92. The summed E-state index contributed by atoms with van der Waals surface area (Å²) in [6.45, 7) is 1.24. The van der Waals surface area contributed by atoms with E-state index in [0.717, 1.165) is 7.11 Å². The van der Waals surface area contributed by atoms with Crippen molar-refractivity contribution >= 4 is 0 Å². The molecule has 0 amide bonds. The smallest absolute Gasteiger partial charge is 0.435 e. The fraction of sp³-hybridized carbons (Fsp3) is 0.455. The Bertz CT molecular complexity index is 447. The van der Waals surface area contributed by atoms with Crippen molar-refractivity contribution in [3.8, 4) is 5.75 Å². The van der Waals surface area contributed by atoms with Crippen LogP contribution in [0.4, 0.5) is 30.7 Å². The Balaban J connectivity index is 3.56. The van der Waals surface area contributed by atoms with Crippen molar-refractivity contribution < 1.29 is 35.5 Å². The molecule has 19 heavy (non-hydrogen) atoms. The lowest BCUT2D eigenvalue weighted by atomic mass is 9.92. The summed E-state index contributed by atoms with van der Waals surface area (Å²) in [6.07, 6.45) is -12.2. The van der Waals surface area contributed by atoms with Gasteiger partial charge < -0.3 is 4.74 Å². The molecule has 1 rings (SSSR count). The van der Waals surface area contributed by atoms with Crippen molar-refractivity contribution in [1.29, 1.82) is 0 Å². The fourth-order valence-electron chi connectivity index (χ4n) is 1.55. The Labute approximate surface area is 104 Å². The Hall–Kier alpha value is -1.47. The maximum atomic E-state index is 13.7. The third kappa shape index (κ3) is 2.62. The summed E-state index contributed by atoms with van der Waals surface area (Å²) >= 11 is 0. The first kappa shape index (κ1) is 15.6. The summed E-state index contributed by atoms with van der Waals surface area (Å²) in [5.41, 5.74) is -6.96. The number of rotatable bonds is 2. The first-order chi connectivity index (χ1) is 8.43. The van der Waals surface area contributed by atoms with Crippen LogP contribution in [-0.2, 0) is 5.67 Å². The summed E-state index contributed by atoms with van der Waals surface area (Å²) in [6, 6.07) is 2.06. The van der Waals surface area contributed by atoms with E-state index in [-0.39, 0.29) is 11.3 Å². The molecule has 0 radical (unpaired) electrons. The number of alkyl halides is 7. The van der Waals surface area contributed by atoms with E-state index in [9.17, 15) is 30.7 Å². The number of benzene rings is 1. The van der Waals surface area contributed by atoms with E-state index in [2.05, 4.69) is 4.74 Å². The average molecular weight is 290 g/mol. The molecule has 0 saturated heterocycles. The van der Waals surface area contributed by atoms with Crippen molar-refractivity contribution in [2.75, 3.05) is 7.11 Å². The van der Waals surface area contributed by atoms with Crippen LogP contribution in [0.15, 0.2) is 18.2 Å². The number of ether oxygens (including phenoxy) is 1. The molecule has 0 heterocycles. The zero-order valence-corrected chi connectivity index (χ0v) is 9.79. The van der Waals surface area contributed by atoms with Gasteiger partial charge in [-0.15, -0.1) is 0 Å². The van der Waals surface area contributed by atoms with Gasteiger partial charge in [0.05, 0.1) is 7.11 Å². The van der Waals surface area contributed by atoms with Gasteiger partial charge in [0.15, 0.2) is 0 Å². The van der Waals surface area contributed by atoms with Gasteiger partial charge in [-0.05, 0) is 24.6 Å². The molecule has 0 N–H and O–H groups in total. The van der Waals surface area contributed by atoms with Crippen molar-refractivity contribution in [2.45, 2.75) is 24.9 Å². The molecular weight excluding hydrogens is 281 g/mol. The van der Waals surface area contributed by atoms with Crippen LogP contribution in [0.25, 0.3) is 0 Å². The van der Waals surface area contributed by atoms with Gasteiger partial charge in [0, 0.05) is 5.56 Å². The lowest BCUT2D eigenvalue weighted by Crippen LogP contribution is -2.50. The summed E-state index contributed by atoms with van der Waals surface area (Å²) in [5.74, 6) is -0.287. The molecule has 108 valence electrons. The fourth-order valence-corrected chi connectivity index (χ4v) is 1.55. The second kappa shape index (κ2) is 4.57. The van der Waals surface area contributed by atoms with E-state index in [1.165, 1.54) is 13.0 Å². The first-order valence-corrected chi connectivity index (χ1v) is 4.92. The van der Waals surface area contributed by atoms with Crippen molar-refractivity contribution in [2.24, 2.45) is 0 Å². The number of hydrogen-bond donors (Lipinski definition) is 0. The zero-order valence-electron chi connectivity index (χ0n) is 9.79. The molecule has 0 spiro atoms. The number of halogens is 7. The molecule has 0 bridgehead atoms. The molecule has 0 aliphatic rings. The van der Waals surface area contributed by atoms with Gasteiger partial charge in [0.1, 0.15) is 5.75 Å². The summed E-state index contributed by atoms with van der Waals surface area (Å²) in [5, 5.41) is 0. The Kier molecular flexibility index (Phi) is 3.75. The maximum absolute atomic E-state index is 13.7. The Morgan fingerprint density at radius 3 is 1.68 bits per heavy atom. The minimum absolute atomic E-state index is 0.0184. The quantitative estimate of drug-likeness (QED) is 0.738. The van der Waals surface area contributed by atoms with Gasteiger partial charge in [-0.1, -0.05) is 6.07 Å². The van der Waals surface area contributed by atoms with Crippen LogP contribution in [0.3, 0.4) is 0 Å². The second-order valence-corrected chi connectivity index (χ2v) is 3.89. The summed E-state index contributed by atoms with van der Waals surface area (Å²) < 4.78 is 93.4. The predicted molar refractivity (Wildman–Crippen MR) is 52.6 cm³/mol.